The molecule has 0 aromatic heterocycles. The van der Waals surface area contributed by atoms with E-state index in [1.165, 1.54) is 12.0 Å². The van der Waals surface area contributed by atoms with Gasteiger partial charge in [0.1, 0.15) is 0 Å². The Morgan fingerprint density at radius 3 is 2.85 bits per heavy atom. The monoisotopic (exact) mass is 340 g/mol. The number of amides is 1. The summed E-state index contributed by atoms with van der Waals surface area (Å²) in [5.74, 6) is 4.87. The number of hydrogen-bond donors (Lipinski definition) is 2. The molecule has 0 radical (unpaired) electrons. The minimum atomic E-state index is -0.270. The highest BCUT2D eigenvalue weighted by atomic mass is 79.9. The maximum Gasteiger partial charge on any atom is 0.265 e. The van der Waals surface area contributed by atoms with Crippen LogP contribution in [0.15, 0.2) is 22.7 Å². The SMILES string of the molecule is CN1CCCN(Cc2ccc(C(=O)NN)cc2Br)CC1. The topological polar surface area (TPSA) is 61.6 Å². The lowest BCUT2D eigenvalue weighted by Gasteiger charge is -2.21. The zero-order valence-corrected chi connectivity index (χ0v) is 13.3. The van der Waals surface area contributed by atoms with Gasteiger partial charge < -0.3 is 4.90 Å². The van der Waals surface area contributed by atoms with E-state index >= 15 is 0 Å². The number of nitrogens with one attached hydrogen (secondary N) is 1. The number of nitrogens with two attached hydrogens (primary N) is 1. The molecule has 1 amide bonds. The van der Waals surface area contributed by atoms with Crippen LogP contribution in [-0.2, 0) is 6.54 Å². The zero-order valence-electron chi connectivity index (χ0n) is 11.7. The van der Waals surface area contributed by atoms with Crippen LogP contribution >= 0.6 is 15.9 Å². The van der Waals surface area contributed by atoms with Crippen LogP contribution in [0, 0.1) is 0 Å². The average Bonchev–Trinajstić information content (AvgIpc) is 2.65. The van der Waals surface area contributed by atoms with Gasteiger partial charge in [-0.15, -0.1) is 0 Å². The van der Waals surface area contributed by atoms with Crippen molar-refractivity contribution in [3.8, 4) is 0 Å². The molecular weight excluding hydrogens is 320 g/mol. The Kier molecular flexibility index (Phi) is 5.54. The molecular formula is C14H21BrN4O. The van der Waals surface area contributed by atoms with Crippen LogP contribution in [0.1, 0.15) is 22.3 Å². The molecule has 1 aliphatic heterocycles. The van der Waals surface area contributed by atoms with E-state index in [2.05, 4.69) is 38.2 Å². The first-order valence-electron chi connectivity index (χ1n) is 6.80. The third-order valence-electron chi connectivity index (χ3n) is 3.65. The molecule has 2 rings (SSSR count). The van der Waals surface area contributed by atoms with Crippen molar-refractivity contribution in [1.29, 1.82) is 0 Å². The van der Waals surface area contributed by atoms with Gasteiger partial charge in [0.15, 0.2) is 0 Å². The number of hydrogen-bond acceptors (Lipinski definition) is 4. The molecule has 0 spiro atoms. The van der Waals surface area contributed by atoms with Crippen molar-refractivity contribution in [1.82, 2.24) is 15.2 Å². The first kappa shape index (κ1) is 15.4. The molecule has 0 saturated carbocycles. The molecule has 20 heavy (non-hydrogen) atoms. The first-order chi connectivity index (χ1) is 9.60. The van der Waals surface area contributed by atoms with Crippen molar-refractivity contribution >= 4 is 21.8 Å². The van der Waals surface area contributed by atoms with Gasteiger partial charge in [0.2, 0.25) is 0 Å². The predicted molar refractivity (Wildman–Crippen MR) is 83.2 cm³/mol. The number of rotatable bonds is 3. The van der Waals surface area contributed by atoms with E-state index in [1.54, 1.807) is 0 Å². The smallest absolute Gasteiger partial charge is 0.265 e. The quantitative estimate of drug-likeness (QED) is 0.493. The van der Waals surface area contributed by atoms with Gasteiger partial charge in [-0.25, -0.2) is 5.84 Å². The summed E-state index contributed by atoms with van der Waals surface area (Å²) in [4.78, 5) is 16.3. The summed E-state index contributed by atoms with van der Waals surface area (Å²) in [6.45, 7) is 5.35. The number of likely N-dealkylation sites (N-methyl/N-ethyl adjacent to an activating group) is 1. The van der Waals surface area contributed by atoms with Crippen LogP contribution < -0.4 is 11.3 Å². The standard InChI is InChI=1S/C14H21BrN4O/c1-18-5-2-6-19(8-7-18)10-12-4-3-11(9-13(12)15)14(20)17-16/h3-4,9H,2,5-8,10,16H2,1H3,(H,17,20). The predicted octanol–water partition coefficient (Wildman–Crippen LogP) is 1.19. The van der Waals surface area contributed by atoms with E-state index in [4.69, 9.17) is 5.84 Å². The minimum Gasteiger partial charge on any atom is -0.305 e. The van der Waals surface area contributed by atoms with Crippen LogP contribution in [0.2, 0.25) is 0 Å². The van der Waals surface area contributed by atoms with E-state index in [0.717, 1.165) is 37.2 Å². The number of nitrogen functional groups attached to an aromatic ring is 1. The van der Waals surface area contributed by atoms with Crippen molar-refractivity contribution in [2.24, 2.45) is 5.84 Å². The van der Waals surface area contributed by atoms with Gasteiger partial charge in [-0.05, 0) is 44.3 Å². The molecule has 0 aliphatic carbocycles. The molecule has 110 valence electrons. The zero-order chi connectivity index (χ0) is 14.5. The van der Waals surface area contributed by atoms with Crippen molar-refractivity contribution < 1.29 is 4.79 Å². The maximum absolute atomic E-state index is 11.5. The summed E-state index contributed by atoms with van der Waals surface area (Å²) in [5.41, 5.74) is 3.91. The summed E-state index contributed by atoms with van der Waals surface area (Å²) in [5, 5.41) is 0. The van der Waals surface area contributed by atoms with Gasteiger partial charge in [0, 0.05) is 29.7 Å². The van der Waals surface area contributed by atoms with Gasteiger partial charge in [-0.1, -0.05) is 22.0 Å². The van der Waals surface area contributed by atoms with E-state index in [9.17, 15) is 4.79 Å². The van der Waals surface area contributed by atoms with Crippen molar-refractivity contribution in [3.05, 3.63) is 33.8 Å². The highest BCUT2D eigenvalue weighted by Crippen LogP contribution is 2.21. The maximum atomic E-state index is 11.5. The fourth-order valence-corrected chi connectivity index (χ4v) is 2.90. The molecule has 3 N–H and O–H groups in total. The molecule has 5 nitrogen and oxygen atoms in total. The molecule has 1 aromatic carbocycles. The Hall–Kier alpha value is -0.950. The molecule has 1 heterocycles. The second kappa shape index (κ2) is 7.17. The Bertz CT molecular complexity index is 480. The van der Waals surface area contributed by atoms with Crippen LogP contribution in [0.5, 0.6) is 0 Å². The van der Waals surface area contributed by atoms with Crippen LogP contribution in [0.4, 0.5) is 0 Å². The molecule has 0 bridgehead atoms. The van der Waals surface area contributed by atoms with Gasteiger partial charge in [0.05, 0.1) is 0 Å². The van der Waals surface area contributed by atoms with Gasteiger partial charge in [-0.2, -0.15) is 0 Å². The second-order valence-corrected chi connectivity index (χ2v) is 6.07. The average molecular weight is 341 g/mol. The number of carbonyl (C=O) groups excluding carboxylic acids is 1. The molecule has 1 aromatic rings. The first-order valence-corrected chi connectivity index (χ1v) is 7.59. The normalized spacial score (nSPS) is 17.8. The van der Waals surface area contributed by atoms with E-state index in [1.807, 2.05) is 18.2 Å². The van der Waals surface area contributed by atoms with Gasteiger partial charge in [0.25, 0.3) is 5.91 Å². The molecule has 1 aliphatic rings. The summed E-state index contributed by atoms with van der Waals surface area (Å²) < 4.78 is 0.955. The Morgan fingerprint density at radius 2 is 2.15 bits per heavy atom. The van der Waals surface area contributed by atoms with Crippen LogP contribution in [0.25, 0.3) is 0 Å². The summed E-state index contributed by atoms with van der Waals surface area (Å²) in [6, 6.07) is 5.62. The highest BCUT2D eigenvalue weighted by molar-refractivity contribution is 9.10. The number of benzene rings is 1. The van der Waals surface area contributed by atoms with Gasteiger partial charge in [-0.3, -0.25) is 15.1 Å². The fourth-order valence-electron chi connectivity index (χ4n) is 2.40. The fraction of sp³-hybridized carbons (Fsp3) is 0.500. The van der Waals surface area contributed by atoms with E-state index < -0.39 is 0 Å². The second-order valence-electron chi connectivity index (χ2n) is 5.21. The lowest BCUT2D eigenvalue weighted by Crippen LogP contribution is -2.30. The van der Waals surface area contributed by atoms with E-state index in [-0.39, 0.29) is 5.91 Å². The third-order valence-corrected chi connectivity index (χ3v) is 4.39. The molecule has 1 fully saturated rings. The summed E-state index contributed by atoms with van der Waals surface area (Å²) >= 11 is 3.54. The number of hydrazine groups is 1. The summed E-state index contributed by atoms with van der Waals surface area (Å²) in [6.07, 6.45) is 1.20. The number of halogens is 1. The Balaban J connectivity index is 2.04. The number of carbonyl (C=O) groups is 1. The number of nitrogens with zero attached hydrogens (tertiary/aromatic N) is 2. The lowest BCUT2D eigenvalue weighted by molar-refractivity contribution is 0.0953. The van der Waals surface area contributed by atoms with E-state index in [0.29, 0.717) is 5.56 Å². The summed E-state index contributed by atoms with van der Waals surface area (Å²) in [7, 11) is 2.17. The van der Waals surface area contributed by atoms with Crippen LogP contribution in [-0.4, -0.2) is 48.9 Å². The Labute approximate surface area is 128 Å². The minimum absolute atomic E-state index is 0.270. The molecule has 0 unspecified atom stereocenters. The highest BCUT2D eigenvalue weighted by Gasteiger charge is 2.14. The molecule has 1 saturated heterocycles. The van der Waals surface area contributed by atoms with Crippen LogP contribution in [0.3, 0.4) is 0 Å². The van der Waals surface area contributed by atoms with Crippen molar-refractivity contribution in [3.63, 3.8) is 0 Å². The molecule has 0 atom stereocenters. The largest absolute Gasteiger partial charge is 0.305 e. The van der Waals surface area contributed by atoms with Crippen molar-refractivity contribution in [2.75, 3.05) is 33.2 Å². The van der Waals surface area contributed by atoms with Gasteiger partial charge >= 0.3 is 0 Å². The Morgan fingerprint density at radius 1 is 1.35 bits per heavy atom. The van der Waals surface area contributed by atoms with Crippen molar-refractivity contribution in [2.45, 2.75) is 13.0 Å². The lowest BCUT2D eigenvalue weighted by atomic mass is 10.1. The third kappa shape index (κ3) is 4.02. The molecule has 6 heteroatoms.